The van der Waals surface area contributed by atoms with Crippen LogP contribution in [0.5, 0.6) is 11.6 Å². The summed E-state index contributed by atoms with van der Waals surface area (Å²) in [6, 6.07) is 7.71. The van der Waals surface area contributed by atoms with Gasteiger partial charge in [0.25, 0.3) is 0 Å². The maximum absolute atomic E-state index is 15.1. The van der Waals surface area contributed by atoms with Gasteiger partial charge in [-0.05, 0) is 107 Å². The molecule has 2 N–H and O–H groups in total. The maximum Gasteiger partial charge on any atom is 0.310 e. The molecule has 1 heterocycles. The number of aryl methyl sites for hydroxylation is 2. The summed E-state index contributed by atoms with van der Waals surface area (Å²) in [5.41, 5.74) is 2.88. The second kappa shape index (κ2) is 11.7. The summed E-state index contributed by atoms with van der Waals surface area (Å²) in [6.07, 6.45) is 1.77. The van der Waals surface area contributed by atoms with Gasteiger partial charge in [0.1, 0.15) is 29.6 Å². The van der Waals surface area contributed by atoms with Crippen molar-refractivity contribution in [3.8, 4) is 22.8 Å². The van der Waals surface area contributed by atoms with E-state index in [-0.39, 0.29) is 54.5 Å². The lowest BCUT2D eigenvalue weighted by molar-refractivity contribution is -0.157. The van der Waals surface area contributed by atoms with Crippen LogP contribution in [0.4, 0.5) is 8.78 Å². The smallest absolute Gasteiger partial charge is 0.310 e. The Morgan fingerprint density at radius 2 is 1.70 bits per heavy atom. The summed E-state index contributed by atoms with van der Waals surface area (Å²) in [7, 11) is 0. The molecule has 3 aromatic rings. The van der Waals surface area contributed by atoms with Gasteiger partial charge in [-0.2, -0.15) is 0 Å². The van der Waals surface area contributed by atoms with E-state index in [1.807, 2.05) is 40.7 Å². The molecule has 0 spiro atoms. The molecular formula is C35H41F2NO6. The number of ether oxygens (including phenoxy) is 3. The molecule has 0 aliphatic heterocycles. The number of nitrogens with zero attached hydrogens (tertiary/aromatic N) is 1. The van der Waals surface area contributed by atoms with Crippen LogP contribution in [0.25, 0.3) is 11.1 Å². The van der Waals surface area contributed by atoms with E-state index in [1.165, 1.54) is 19.9 Å². The van der Waals surface area contributed by atoms with E-state index in [0.717, 1.165) is 34.7 Å². The largest absolute Gasteiger partial charge is 0.493 e. The van der Waals surface area contributed by atoms with Crippen molar-refractivity contribution in [1.29, 1.82) is 0 Å². The van der Waals surface area contributed by atoms with Crippen LogP contribution in [-0.2, 0) is 22.6 Å². The number of halogens is 2. The van der Waals surface area contributed by atoms with Gasteiger partial charge in [0.15, 0.2) is 0 Å². The lowest BCUT2D eigenvalue weighted by atomic mass is 9.93. The molecule has 9 heteroatoms. The van der Waals surface area contributed by atoms with Crippen molar-refractivity contribution < 1.29 is 38.0 Å². The third-order valence-corrected chi connectivity index (χ3v) is 8.42. The SMILES string of the molecule is Cc1cc(OCCC(O)C(C)(C)O)cc(C)c1-c1cc(COc2cc3c(cn2)C2C(C3)C2C(=O)OC(C)(C)C)c(F)cc1F. The van der Waals surface area contributed by atoms with E-state index in [9.17, 15) is 19.4 Å². The first-order chi connectivity index (χ1) is 20.5. The fourth-order valence-electron chi connectivity index (χ4n) is 6.16. The zero-order valence-corrected chi connectivity index (χ0v) is 26.3. The molecule has 44 heavy (non-hydrogen) atoms. The Hall–Kier alpha value is -3.56. The van der Waals surface area contributed by atoms with E-state index in [0.29, 0.717) is 17.2 Å². The molecule has 7 nitrogen and oxygen atoms in total. The maximum atomic E-state index is 15.1. The van der Waals surface area contributed by atoms with Crippen LogP contribution in [0, 0.1) is 37.3 Å². The molecule has 2 aromatic carbocycles. The lowest BCUT2D eigenvalue weighted by Gasteiger charge is -2.24. The zero-order chi connectivity index (χ0) is 32.1. The predicted molar refractivity (Wildman–Crippen MR) is 162 cm³/mol. The van der Waals surface area contributed by atoms with Gasteiger partial charge in [-0.15, -0.1) is 0 Å². The first-order valence-corrected chi connectivity index (χ1v) is 15.0. The number of carbonyl (C=O) groups excluding carboxylic acids is 1. The summed E-state index contributed by atoms with van der Waals surface area (Å²) >= 11 is 0. The van der Waals surface area contributed by atoms with E-state index < -0.39 is 28.9 Å². The zero-order valence-electron chi connectivity index (χ0n) is 26.3. The molecule has 4 unspecified atom stereocenters. The molecule has 1 saturated carbocycles. The first-order valence-electron chi connectivity index (χ1n) is 15.0. The normalized spacial score (nSPS) is 19.7. The minimum absolute atomic E-state index is 0.112. The minimum Gasteiger partial charge on any atom is -0.493 e. The fourth-order valence-corrected chi connectivity index (χ4v) is 6.16. The Morgan fingerprint density at radius 3 is 2.34 bits per heavy atom. The van der Waals surface area contributed by atoms with Gasteiger partial charge < -0.3 is 24.4 Å². The number of aliphatic hydroxyl groups excluding tert-OH is 1. The van der Waals surface area contributed by atoms with Gasteiger partial charge in [-0.3, -0.25) is 4.79 Å². The third-order valence-electron chi connectivity index (χ3n) is 8.42. The number of benzene rings is 2. The van der Waals surface area contributed by atoms with Crippen molar-refractivity contribution in [2.45, 2.75) is 91.1 Å². The Balaban J connectivity index is 1.26. The molecule has 0 amide bonds. The van der Waals surface area contributed by atoms with E-state index in [2.05, 4.69) is 4.98 Å². The second-order valence-corrected chi connectivity index (χ2v) is 13.6. The molecule has 1 fully saturated rings. The van der Waals surface area contributed by atoms with Crippen LogP contribution in [-0.4, -0.2) is 45.1 Å². The molecule has 1 aromatic heterocycles. The van der Waals surface area contributed by atoms with Gasteiger partial charge in [0, 0.05) is 41.8 Å². The van der Waals surface area contributed by atoms with Crippen molar-refractivity contribution in [2.75, 3.05) is 6.61 Å². The second-order valence-electron chi connectivity index (χ2n) is 13.6. The average molecular weight is 610 g/mol. The summed E-state index contributed by atoms with van der Waals surface area (Å²) in [4.78, 5) is 17.0. The summed E-state index contributed by atoms with van der Waals surface area (Å²) in [5.74, 6) is -0.499. The monoisotopic (exact) mass is 609 g/mol. The van der Waals surface area contributed by atoms with Crippen molar-refractivity contribution in [3.05, 3.63) is 76.0 Å². The van der Waals surface area contributed by atoms with Crippen molar-refractivity contribution in [3.63, 3.8) is 0 Å². The Kier molecular flexibility index (Phi) is 8.50. The standard InChI is InChI=1S/C35H41F2NO6/c1-18-10-22(42-9-8-28(39)35(6,7)41)11-19(2)30(18)23-13-21(26(36)15-27(23)37)17-43-29-14-20-12-24-31(25(20)16-38-29)32(24)33(40)44-34(3,4)5/h10-11,13-16,24,28,31-32,39,41H,8-9,12,17H2,1-7H3. The quantitative estimate of drug-likeness (QED) is 0.259. The van der Waals surface area contributed by atoms with Crippen LogP contribution < -0.4 is 9.47 Å². The Morgan fingerprint density at radius 1 is 1.02 bits per heavy atom. The number of carbonyl (C=O) groups is 1. The lowest BCUT2D eigenvalue weighted by Crippen LogP contribution is -2.36. The van der Waals surface area contributed by atoms with Crippen LogP contribution in [0.15, 0.2) is 36.5 Å². The van der Waals surface area contributed by atoms with Crippen LogP contribution in [0.1, 0.15) is 74.8 Å². The van der Waals surface area contributed by atoms with Gasteiger partial charge in [-0.1, -0.05) is 0 Å². The highest BCUT2D eigenvalue weighted by molar-refractivity contribution is 5.80. The number of aromatic nitrogens is 1. The number of pyridine rings is 1. The summed E-state index contributed by atoms with van der Waals surface area (Å²) < 4.78 is 47.2. The molecule has 0 saturated heterocycles. The molecule has 4 atom stereocenters. The molecule has 236 valence electrons. The van der Waals surface area contributed by atoms with E-state index in [4.69, 9.17) is 14.2 Å². The van der Waals surface area contributed by atoms with Gasteiger partial charge in [-0.25, -0.2) is 13.8 Å². The highest BCUT2D eigenvalue weighted by Gasteiger charge is 2.61. The van der Waals surface area contributed by atoms with Crippen molar-refractivity contribution in [2.24, 2.45) is 11.8 Å². The molecule has 2 aliphatic carbocycles. The topological polar surface area (TPSA) is 98.1 Å². The predicted octanol–water partition coefficient (Wildman–Crippen LogP) is 6.35. The summed E-state index contributed by atoms with van der Waals surface area (Å²) in [6.45, 7) is 12.4. The highest BCUT2D eigenvalue weighted by atomic mass is 19.1. The minimum atomic E-state index is -1.23. The van der Waals surface area contributed by atoms with Crippen molar-refractivity contribution in [1.82, 2.24) is 4.98 Å². The highest BCUT2D eigenvalue weighted by Crippen LogP contribution is 2.62. The van der Waals surface area contributed by atoms with Crippen LogP contribution >= 0.6 is 0 Å². The molecule has 2 aliphatic rings. The molecular weight excluding hydrogens is 568 g/mol. The average Bonchev–Trinajstić information content (AvgIpc) is 3.49. The number of hydrogen-bond donors (Lipinski definition) is 2. The number of hydrogen-bond acceptors (Lipinski definition) is 7. The van der Waals surface area contributed by atoms with E-state index in [1.54, 1.807) is 18.3 Å². The molecule has 0 radical (unpaired) electrons. The van der Waals surface area contributed by atoms with Gasteiger partial charge in [0.05, 0.1) is 24.2 Å². The Labute approximate surface area is 257 Å². The first kappa shape index (κ1) is 31.9. The van der Waals surface area contributed by atoms with Crippen LogP contribution in [0.3, 0.4) is 0 Å². The van der Waals surface area contributed by atoms with E-state index >= 15 is 4.39 Å². The number of fused-ring (bicyclic) bond motifs is 3. The third kappa shape index (κ3) is 6.74. The van der Waals surface area contributed by atoms with Gasteiger partial charge >= 0.3 is 5.97 Å². The number of esters is 1. The van der Waals surface area contributed by atoms with Crippen molar-refractivity contribution >= 4 is 5.97 Å². The van der Waals surface area contributed by atoms with Gasteiger partial charge in [0.2, 0.25) is 5.88 Å². The Bertz CT molecular complexity index is 1550. The summed E-state index contributed by atoms with van der Waals surface area (Å²) in [5, 5.41) is 20.0. The molecule has 5 rings (SSSR count). The fraction of sp³-hybridized carbons (Fsp3) is 0.486. The van der Waals surface area contributed by atoms with Crippen LogP contribution in [0.2, 0.25) is 0 Å². The molecule has 0 bridgehead atoms. The number of aliphatic hydroxyl groups is 2. The number of rotatable bonds is 10.